The smallest absolute Gasteiger partial charge is 0.253 e. The van der Waals surface area contributed by atoms with Gasteiger partial charge in [0.15, 0.2) is 0 Å². The summed E-state index contributed by atoms with van der Waals surface area (Å²) in [4.78, 5) is 37.7. The molecule has 7 nitrogen and oxygen atoms in total. The van der Waals surface area contributed by atoms with Gasteiger partial charge in [0.1, 0.15) is 0 Å². The Bertz CT molecular complexity index is 873. The summed E-state index contributed by atoms with van der Waals surface area (Å²) >= 11 is 0. The van der Waals surface area contributed by atoms with Gasteiger partial charge in [0.2, 0.25) is 5.91 Å². The third-order valence-corrected chi connectivity index (χ3v) is 4.31. The number of hydrogen-bond acceptors (Lipinski definition) is 4. The van der Waals surface area contributed by atoms with Crippen LogP contribution in [0.25, 0.3) is 0 Å². The largest absolute Gasteiger partial charge is 0.376 e. The van der Waals surface area contributed by atoms with E-state index in [0.717, 1.165) is 18.5 Å². The average molecular weight is 380 g/mol. The van der Waals surface area contributed by atoms with Crippen molar-refractivity contribution in [3.8, 4) is 0 Å². The van der Waals surface area contributed by atoms with E-state index in [1.165, 1.54) is 4.90 Å². The summed E-state index contributed by atoms with van der Waals surface area (Å²) in [5.41, 5.74) is 2.42. The zero-order chi connectivity index (χ0) is 20.1. The van der Waals surface area contributed by atoms with E-state index in [2.05, 4.69) is 16.0 Å². The van der Waals surface area contributed by atoms with Gasteiger partial charge in [-0.1, -0.05) is 6.07 Å². The van der Waals surface area contributed by atoms with Crippen molar-refractivity contribution in [3.63, 3.8) is 0 Å². The first-order valence-electron chi connectivity index (χ1n) is 9.19. The molecule has 0 heterocycles. The van der Waals surface area contributed by atoms with Crippen LogP contribution in [0, 0.1) is 0 Å². The third kappa shape index (κ3) is 5.33. The molecule has 3 rings (SSSR count). The normalized spacial score (nSPS) is 12.8. The van der Waals surface area contributed by atoms with Gasteiger partial charge >= 0.3 is 0 Å². The molecular weight excluding hydrogens is 356 g/mol. The van der Waals surface area contributed by atoms with Crippen molar-refractivity contribution in [2.45, 2.75) is 18.9 Å². The Labute approximate surface area is 164 Å². The number of nitrogens with zero attached hydrogens (tertiary/aromatic N) is 1. The van der Waals surface area contributed by atoms with E-state index in [1.807, 2.05) is 0 Å². The number of amides is 3. The van der Waals surface area contributed by atoms with Crippen molar-refractivity contribution in [1.29, 1.82) is 0 Å². The van der Waals surface area contributed by atoms with E-state index in [0.29, 0.717) is 16.8 Å². The molecule has 0 aliphatic heterocycles. The maximum Gasteiger partial charge on any atom is 0.253 e. The van der Waals surface area contributed by atoms with Gasteiger partial charge in [0.25, 0.3) is 11.8 Å². The first-order chi connectivity index (χ1) is 13.4. The van der Waals surface area contributed by atoms with E-state index in [4.69, 9.17) is 0 Å². The lowest BCUT2D eigenvalue weighted by Crippen LogP contribution is -2.26. The minimum atomic E-state index is -0.229. The van der Waals surface area contributed by atoms with Gasteiger partial charge in [0.05, 0.1) is 6.54 Å². The molecule has 2 aromatic rings. The Kier molecular flexibility index (Phi) is 5.93. The van der Waals surface area contributed by atoms with Crippen molar-refractivity contribution >= 4 is 29.1 Å². The van der Waals surface area contributed by atoms with Gasteiger partial charge in [-0.25, -0.2) is 0 Å². The topological polar surface area (TPSA) is 90.5 Å². The summed E-state index contributed by atoms with van der Waals surface area (Å²) < 4.78 is 0. The van der Waals surface area contributed by atoms with Gasteiger partial charge < -0.3 is 20.9 Å². The summed E-state index contributed by atoms with van der Waals surface area (Å²) in [6.07, 6.45) is 2.05. The molecule has 0 saturated heterocycles. The summed E-state index contributed by atoms with van der Waals surface area (Å²) in [5, 5.41) is 8.72. The first kappa shape index (κ1) is 19.4. The van der Waals surface area contributed by atoms with Crippen molar-refractivity contribution < 1.29 is 14.4 Å². The van der Waals surface area contributed by atoms with Crippen molar-refractivity contribution in [2.24, 2.45) is 0 Å². The average Bonchev–Trinajstić information content (AvgIpc) is 3.50. The Hall–Kier alpha value is -3.35. The molecular formula is C21H24N4O3. The zero-order valence-electron chi connectivity index (χ0n) is 16.0. The van der Waals surface area contributed by atoms with Crippen molar-refractivity contribution in [3.05, 3.63) is 59.7 Å². The van der Waals surface area contributed by atoms with Gasteiger partial charge in [0, 0.05) is 42.6 Å². The molecule has 7 heteroatoms. The lowest BCUT2D eigenvalue weighted by atomic mass is 10.2. The number of hydrogen-bond donors (Lipinski definition) is 3. The van der Waals surface area contributed by atoms with Gasteiger partial charge in [-0.15, -0.1) is 0 Å². The highest BCUT2D eigenvalue weighted by Crippen LogP contribution is 2.20. The number of carbonyl (C=O) groups excluding carboxylic acids is 3. The first-order valence-corrected chi connectivity index (χ1v) is 9.19. The second-order valence-electron chi connectivity index (χ2n) is 7.01. The molecule has 0 aromatic heterocycles. The predicted molar refractivity (Wildman–Crippen MR) is 109 cm³/mol. The van der Waals surface area contributed by atoms with Crippen molar-refractivity contribution in [2.75, 3.05) is 31.3 Å². The summed E-state index contributed by atoms with van der Waals surface area (Å²) in [5.74, 6) is -0.424. The molecule has 2 aromatic carbocycles. The molecule has 0 radical (unpaired) electrons. The molecule has 1 saturated carbocycles. The maximum atomic E-state index is 12.2. The number of rotatable bonds is 7. The standard InChI is InChI=1S/C21H24N4O3/c1-25(2)21(28)14-6-8-16(9-7-14)22-13-19(26)23-18-5-3-4-15(12-18)20(27)24-17-10-11-17/h3-9,12,17,22H,10-11,13H2,1-2H3,(H,23,26)(H,24,27). The Morgan fingerprint density at radius 2 is 1.68 bits per heavy atom. The molecule has 0 spiro atoms. The van der Waals surface area contributed by atoms with Crippen LogP contribution in [-0.2, 0) is 4.79 Å². The molecule has 1 aliphatic carbocycles. The predicted octanol–water partition coefficient (Wildman–Crippen LogP) is 2.33. The highest BCUT2D eigenvalue weighted by molar-refractivity contribution is 5.98. The zero-order valence-corrected chi connectivity index (χ0v) is 16.0. The Morgan fingerprint density at radius 1 is 0.964 bits per heavy atom. The molecule has 28 heavy (non-hydrogen) atoms. The molecule has 0 bridgehead atoms. The molecule has 1 aliphatic rings. The van der Waals surface area contributed by atoms with Crippen LogP contribution in [0.5, 0.6) is 0 Å². The molecule has 1 fully saturated rings. The van der Waals surface area contributed by atoms with Crippen molar-refractivity contribution in [1.82, 2.24) is 10.2 Å². The van der Waals surface area contributed by atoms with Crippen LogP contribution in [0.2, 0.25) is 0 Å². The lowest BCUT2D eigenvalue weighted by Gasteiger charge is -2.12. The van der Waals surface area contributed by atoms with Crippen LogP contribution in [-0.4, -0.2) is 49.3 Å². The highest BCUT2D eigenvalue weighted by Gasteiger charge is 2.23. The van der Waals surface area contributed by atoms with Gasteiger partial charge in [-0.05, 0) is 55.3 Å². The van der Waals surface area contributed by atoms with Crippen LogP contribution in [0.4, 0.5) is 11.4 Å². The van der Waals surface area contributed by atoms with Crippen LogP contribution >= 0.6 is 0 Å². The SMILES string of the molecule is CN(C)C(=O)c1ccc(NCC(=O)Nc2cccc(C(=O)NC3CC3)c2)cc1. The summed E-state index contributed by atoms with van der Waals surface area (Å²) in [6, 6.07) is 14.1. The fraction of sp³-hybridized carbons (Fsp3) is 0.286. The fourth-order valence-electron chi connectivity index (χ4n) is 2.61. The van der Waals surface area contributed by atoms with E-state index in [9.17, 15) is 14.4 Å². The monoisotopic (exact) mass is 380 g/mol. The van der Waals surface area contributed by atoms with Crippen LogP contribution < -0.4 is 16.0 Å². The minimum absolute atomic E-state index is 0.0689. The number of anilines is 2. The second kappa shape index (κ2) is 8.56. The Balaban J connectivity index is 1.51. The summed E-state index contributed by atoms with van der Waals surface area (Å²) in [7, 11) is 3.40. The van der Waals surface area contributed by atoms with Crippen LogP contribution in [0.3, 0.4) is 0 Å². The van der Waals surface area contributed by atoms with Crippen LogP contribution in [0.1, 0.15) is 33.6 Å². The Morgan fingerprint density at radius 3 is 2.32 bits per heavy atom. The number of benzene rings is 2. The lowest BCUT2D eigenvalue weighted by molar-refractivity contribution is -0.114. The molecule has 0 atom stereocenters. The quantitative estimate of drug-likeness (QED) is 0.688. The molecule has 0 unspecified atom stereocenters. The number of carbonyl (C=O) groups is 3. The van der Waals surface area contributed by atoms with Gasteiger partial charge in [-0.3, -0.25) is 14.4 Å². The fourth-order valence-corrected chi connectivity index (χ4v) is 2.61. The van der Waals surface area contributed by atoms with E-state index >= 15 is 0 Å². The highest BCUT2D eigenvalue weighted by atomic mass is 16.2. The van der Waals surface area contributed by atoms with Crippen LogP contribution in [0.15, 0.2) is 48.5 Å². The second-order valence-corrected chi connectivity index (χ2v) is 7.01. The summed E-state index contributed by atoms with van der Waals surface area (Å²) in [6.45, 7) is 0.0689. The molecule has 3 N–H and O–H groups in total. The van der Waals surface area contributed by atoms with E-state index < -0.39 is 0 Å². The minimum Gasteiger partial charge on any atom is -0.376 e. The molecule has 146 valence electrons. The van der Waals surface area contributed by atoms with E-state index in [1.54, 1.807) is 62.6 Å². The third-order valence-electron chi connectivity index (χ3n) is 4.31. The van der Waals surface area contributed by atoms with E-state index in [-0.39, 0.29) is 30.3 Å². The van der Waals surface area contributed by atoms with Gasteiger partial charge in [-0.2, -0.15) is 0 Å². The maximum absolute atomic E-state index is 12.2. The molecule has 3 amide bonds. The number of nitrogens with one attached hydrogen (secondary N) is 3.